The summed E-state index contributed by atoms with van der Waals surface area (Å²) in [5.74, 6) is -4.71. The predicted molar refractivity (Wildman–Crippen MR) is 213 cm³/mol. The Labute approximate surface area is 619 Å². The summed E-state index contributed by atoms with van der Waals surface area (Å²) in [6.45, 7) is 14.8. The van der Waals surface area contributed by atoms with Gasteiger partial charge >= 0.3 is 269 Å². The van der Waals surface area contributed by atoms with Crippen molar-refractivity contribution in [3.8, 4) is 35.4 Å². The Hall–Kier alpha value is -2.25. The molecule has 0 saturated heterocycles. The quantitative estimate of drug-likeness (QED) is 0.0652. The maximum atomic E-state index is 13.0. The fraction of sp³-hybridized carbons (Fsp3) is 0.154. The molecular formula is C39H26K5N19O9. The predicted octanol–water partition coefficient (Wildman–Crippen LogP) is -13.5. The molecule has 0 saturated carbocycles. The van der Waals surface area contributed by atoms with Gasteiger partial charge < -0.3 is 36.4 Å². The van der Waals surface area contributed by atoms with Crippen molar-refractivity contribution in [2.45, 2.75) is 39.5 Å². The van der Waals surface area contributed by atoms with E-state index in [9.17, 15) is 30.2 Å². The third-order valence-corrected chi connectivity index (χ3v) is 8.61. The van der Waals surface area contributed by atoms with Crippen molar-refractivity contribution in [2.24, 2.45) is 20.5 Å². The topological polar surface area (TPSA) is 411 Å². The fourth-order valence-electron chi connectivity index (χ4n) is 5.69. The van der Waals surface area contributed by atoms with Crippen LogP contribution in [-0.2, 0) is 19.2 Å². The molecule has 7 aromatic rings. The van der Waals surface area contributed by atoms with Gasteiger partial charge in [0.05, 0.1) is 36.4 Å². The minimum absolute atomic E-state index is 0. The molecule has 0 aliphatic rings. The molecule has 4 N–H and O–H groups in total. The molecule has 0 bridgehead atoms. The molecule has 33 heteroatoms. The van der Waals surface area contributed by atoms with E-state index in [4.69, 9.17) is 37.2 Å². The van der Waals surface area contributed by atoms with Gasteiger partial charge in [0.1, 0.15) is 11.6 Å². The van der Waals surface area contributed by atoms with Crippen LogP contribution in [0.5, 0.6) is 6.01 Å². The monoisotopic (exact) mass is 1100 g/mol. The van der Waals surface area contributed by atoms with Crippen molar-refractivity contribution >= 4 is 64.6 Å². The van der Waals surface area contributed by atoms with Gasteiger partial charge in [-0.1, -0.05) is 27.7 Å². The number of azo groups is 2. The van der Waals surface area contributed by atoms with Crippen molar-refractivity contribution in [2.75, 3.05) is 11.5 Å². The van der Waals surface area contributed by atoms with Gasteiger partial charge in [-0.15, -0.1) is 43.7 Å². The Morgan fingerprint density at radius 1 is 0.681 bits per heavy atom. The summed E-state index contributed by atoms with van der Waals surface area (Å²) in [5.41, 5.74) is 13.8. The molecule has 0 radical (unpaired) electrons. The molecule has 7 rings (SSSR count). The summed E-state index contributed by atoms with van der Waals surface area (Å²) < 4.78 is 4.47. The molecule has 0 unspecified atom stereocenters. The number of rotatable bonds is 12. The largest absolute Gasteiger partial charge is 1.00 e. The first kappa shape index (κ1) is 69.8. The van der Waals surface area contributed by atoms with Crippen LogP contribution in [0.2, 0.25) is 0 Å². The number of carboxylic acids is 2. The first-order valence-electron chi connectivity index (χ1n) is 18.5. The number of carbonyl (C=O) groups is 2. The van der Waals surface area contributed by atoms with E-state index >= 15 is 0 Å². The van der Waals surface area contributed by atoms with Crippen LogP contribution in [0.4, 0.5) is 40.3 Å². The zero-order chi connectivity index (χ0) is 49.1. The molecule has 0 atom stereocenters. The van der Waals surface area contributed by atoms with Crippen LogP contribution < -0.4 is 284 Å². The summed E-state index contributed by atoms with van der Waals surface area (Å²) in [6, 6.07) is 14.1. The van der Waals surface area contributed by atoms with Crippen LogP contribution in [0.15, 0.2) is 69.2 Å². The first-order chi connectivity index (χ1) is 32.0. The van der Waals surface area contributed by atoms with Crippen LogP contribution >= 0.6 is 0 Å². The number of anilines is 2. The number of aromatic carboxylic acids is 2. The Bertz CT molecular complexity index is 3060. The molecule has 72 heavy (non-hydrogen) atoms. The number of carboxylic acid groups (broad SMARTS) is 2. The van der Waals surface area contributed by atoms with Crippen LogP contribution in [0.3, 0.4) is 0 Å². The summed E-state index contributed by atoms with van der Waals surface area (Å²) in [5, 5.41) is 80.3. The third kappa shape index (κ3) is 16.9. The second-order valence-corrected chi connectivity index (χ2v) is 13.5. The zero-order valence-electron chi connectivity index (χ0n) is 39.7. The van der Waals surface area contributed by atoms with Gasteiger partial charge in [0.15, 0.2) is 34.6 Å². The summed E-state index contributed by atoms with van der Waals surface area (Å²) >= 11 is 0. The van der Waals surface area contributed by atoms with E-state index in [0.29, 0.717) is 5.69 Å². The van der Waals surface area contributed by atoms with Crippen molar-refractivity contribution < 1.29 is 301 Å². The molecule has 0 aliphatic carbocycles. The molecule has 28 nitrogen and oxygen atoms in total. The van der Waals surface area contributed by atoms with E-state index in [0.717, 1.165) is 9.36 Å². The number of nitrogens with zero attached hydrogens (tertiary/aromatic N) is 17. The average molecular weight is 1100 g/mol. The van der Waals surface area contributed by atoms with Crippen molar-refractivity contribution in [1.82, 2.24) is 54.1 Å². The normalized spacial score (nSPS) is 10.0. The van der Waals surface area contributed by atoms with Gasteiger partial charge in [-0.25, -0.2) is 14.8 Å². The number of carbonyl (C=O) groups excluding carboxylic acids is 6. The van der Waals surface area contributed by atoms with Gasteiger partial charge in [-0.2, -0.15) is 95.6 Å². The molecule has 5 aromatic heterocycles. The van der Waals surface area contributed by atoms with Crippen LogP contribution in [0, 0.1) is 30.0 Å². The smallest absolute Gasteiger partial charge is 0.844 e. The van der Waals surface area contributed by atoms with Crippen LogP contribution in [-0.4, -0.2) is 78.3 Å². The maximum absolute atomic E-state index is 13.0. The molecule has 5 heterocycles. The van der Waals surface area contributed by atoms with Gasteiger partial charge in [-0.3, -0.25) is 9.36 Å². The number of hydrogen-bond donors (Lipinski definition) is 2. The standard InChI is InChI=1S/C37H29N19O5.2CO2.5K/c1-17(2)25-27(47-49-31-21(14-38)15-42-53(31)22-10-6-8-19(12-22)33(57)58)29(39)55(51-25)35-44-36(46-37(61)45-35)56-30(40)28(26(52-56)18(3)4)48-50-32-24(41-5)16-43-54(32)23-11-7-9-20(13-23)34(59)60;2*2-1-3;;;;;/h8-13,15-18H,39-40H2,1-4H3,(H,57,58)(H,59,60)(H,44,45,46,61);;;;;;;/q-2;;;5*+1/p-3. The van der Waals surface area contributed by atoms with E-state index in [1.54, 1.807) is 27.7 Å². The summed E-state index contributed by atoms with van der Waals surface area (Å²) in [4.78, 5) is 71.1. The minimum Gasteiger partial charge on any atom is -0.844 e. The molecular weight excluding hydrogens is 1070 g/mol. The zero-order valence-corrected chi connectivity index (χ0v) is 55.3. The second kappa shape index (κ2) is 33.0. The maximum Gasteiger partial charge on any atom is 1.00 e. The van der Waals surface area contributed by atoms with Gasteiger partial charge in [0.25, 0.3) is 17.6 Å². The summed E-state index contributed by atoms with van der Waals surface area (Å²) in [7, 11) is 0. The van der Waals surface area contributed by atoms with E-state index in [2.05, 4.69) is 72.8 Å². The minimum atomic E-state index is -1.45. The number of nitrogens with two attached hydrogens (primary N) is 2. The number of nitriles is 1. The SMILES string of the molecule is O=C=O.O=C=O.[C-]#[N+]c1cnn(-c2c[c-]cc(C(=O)[O-])c2)c1N=Nc1c(C(C)C)nn(-c2nc([O-])nc(-n3nc(C(C)C)c(N=Nc4c(C#N)cnn4-c4c[c-]cc(C(=O)[O-])c4)c3N)n2)c1N.[K+].[K+].[K+].[K+].[K+]. The van der Waals surface area contributed by atoms with Crippen molar-refractivity contribution in [3.63, 3.8) is 0 Å². The number of nitrogen functional groups attached to an aromatic ring is 2. The Kier molecular flexibility index (Phi) is 32.0. The summed E-state index contributed by atoms with van der Waals surface area (Å²) in [6.07, 6.45) is 2.94. The molecule has 336 valence electrons. The average Bonchev–Trinajstić information content (AvgIpc) is 4.08. The number of aromatic nitrogens is 11. The molecule has 0 amide bonds. The van der Waals surface area contributed by atoms with E-state index in [1.165, 1.54) is 58.2 Å². The van der Waals surface area contributed by atoms with Crippen LogP contribution in [0.25, 0.3) is 28.1 Å². The number of benzene rings is 2. The fourth-order valence-corrected chi connectivity index (χ4v) is 5.69. The number of hydrogen-bond acceptors (Lipinski definition) is 23. The van der Waals surface area contributed by atoms with E-state index in [-0.39, 0.29) is 367 Å². The van der Waals surface area contributed by atoms with Crippen molar-refractivity contribution in [3.05, 3.63) is 100 Å². The van der Waals surface area contributed by atoms with Gasteiger partial charge in [0, 0.05) is 11.9 Å². The van der Waals surface area contributed by atoms with E-state index in [1.807, 2.05) is 6.07 Å². The van der Waals surface area contributed by atoms with Gasteiger partial charge in [-0.05, 0) is 23.2 Å². The van der Waals surface area contributed by atoms with E-state index < -0.39 is 17.9 Å². The Balaban J connectivity index is 0.00000437. The van der Waals surface area contributed by atoms with Crippen LogP contribution in [0.1, 0.15) is 77.2 Å². The second-order valence-electron chi connectivity index (χ2n) is 13.5. The first-order valence-corrected chi connectivity index (χ1v) is 18.5. The molecule has 2 aromatic carbocycles. The van der Waals surface area contributed by atoms with Gasteiger partial charge in [0.2, 0.25) is 0 Å². The molecule has 0 fully saturated rings. The third-order valence-electron chi connectivity index (χ3n) is 8.61. The Morgan fingerprint density at radius 2 is 1.08 bits per heavy atom. The Morgan fingerprint density at radius 3 is 1.47 bits per heavy atom. The molecule has 0 spiro atoms. The molecule has 0 aliphatic heterocycles. The van der Waals surface area contributed by atoms with Crippen molar-refractivity contribution in [1.29, 1.82) is 5.26 Å².